The lowest BCUT2D eigenvalue weighted by molar-refractivity contribution is -0.133. The van der Waals surface area contributed by atoms with Crippen LogP contribution in [0.1, 0.15) is 43.9 Å². The first-order chi connectivity index (χ1) is 10.6. The lowest BCUT2D eigenvalue weighted by Crippen LogP contribution is -2.37. The normalized spacial score (nSPS) is 18.1. The summed E-state index contributed by atoms with van der Waals surface area (Å²) in [6.07, 6.45) is 5.72. The smallest absolute Gasteiger partial charge is 0.230 e. The van der Waals surface area contributed by atoms with E-state index in [0.717, 1.165) is 42.0 Å². The van der Waals surface area contributed by atoms with Crippen LogP contribution >= 0.6 is 0 Å². The first kappa shape index (κ1) is 16.3. The third-order valence-corrected chi connectivity index (χ3v) is 4.08. The van der Waals surface area contributed by atoms with Gasteiger partial charge in [-0.25, -0.2) is 4.98 Å². The Morgan fingerprint density at radius 1 is 1.36 bits per heavy atom. The molecule has 5 heteroatoms. The number of nitrogens with zero attached hydrogens (tertiary/aromatic N) is 3. The maximum absolute atomic E-state index is 12.4. The van der Waals surface area contributed by atoms with Crippen molar-refractivity contribution >= 4 is 11.6 Å². The Hall–Kier alpha value is -2.04. The molecule has 0 aliphatic carbocycles. The van der Waals surface area contributed by atoms with Crippen molar-refractivity contribution in [3.05, 3.63) is 29.7 Å². The molecule has 3 heterocycles. The maximum atomic E-state index is 12.4. The molecule has 2 aromatic heterocycles. The minimum atomic E-state index is -0.116. The third-order valence-electron chi connectivity index (χ3n) is 4.08. The first-order valence-corrected chi connectivity index (χ1v) is 7.88. The van der Waals surface area contributed by atoms with Gasteiger partial charge >= 0.3 is 0 Å². The lowest BCUT2D eigenvalue weighted by atomic mass is 9.90. The molecule has 0 N–H and O–H groups in total. The highest BCUT2D eigenvalue weighted by atomic mass is 16.5. The van der Waals surface area contributed by atoms with Gasteiger partial charge in [0.2, 0.25) is 5.91 Å². The van der Waals surface area contributed by atoms with Crippen molar-refractivity contribution in [3.63, 3.8) is 0 Å². The molecule has 1 aliphatic rings. The Kier molecular flexibility index (Phi) is 5.06. The molecule has 120 valence electrons. The number of ether oxygens (including phenoxy) is 1. The van der Waals surface area contributed by atoms with Crippen LogP contribution in [0.4, 0.5) is 0 Å². The number of aromatic nitrogens is 2. The monoisotopic (exact) mass is 303 g/mol. The van der Waals surface area contributed by atoms with Gasteiger partial charge in [0.05, 0.1) is 13.0 Å². The largest absolute Gasteiger partial charge is 0.496 e. The van der Waals surface area contributed by atoms with Gasteiger partial charge in [0.1, 0.15) is 11.4 Å². The summed E-state index contributed by atoms with van der Waals surface area (Å²) in [5.74, 6) is 0.804. The first-order valence-electron chi connectivity index (χ1n) is 7.88. The zero-order valence-electron chi connectivity index (χ0n) is 14.1. The SMILES string of the molecule is CC.COc1cc2ncc(C)n2cc1C1CCCN(C)C1=O. The number of fused-ring (bicyclic) bond motifs is 1. The number of likely N-dealkylation sites (tertiary alicyclic amines) is 1. The van der Waals surface area contributed by atoms with Crippen molar-refractivity contribution in [2.45, 2.75) is 39.5 Å². The van der Waals surface area contributed by atoms with Crippen LogP contribution in [0.3, 0.4) is 0 Å². The molecule has 5 nitrogen and oxygen atoms in total. The van der Waals surface area contributed by atoms with E-state index in [-0.39, 0.29) is 11.8 Å². The topological polar surface area (TPSA) is 46.8 Å². The number of carbonyl (C=O) groups is 1. The van der Waals surface area contributed by atoms with Crippen LogP contribution in [0, 0.1) is 6.92 Å². The Morgan fingerprint density at radius 2 is 2.09 bits per heavy atom. The summed E-state index contributed by atoms with van der Waals surface area (Å²) >= 11 is 0. The number of rotatable bonds is 2. The van der Waals surface area contributed by atoms with Crippen LogP contribution in [-0.4, -0.2) is 40.9 Å². The number of hydrogen-bond donors (Lipinski definition) is 0. The van der Waals surface area contributed by atoms with Crippen molar-refractivity contribution in [1.82, 2.24) is 14.3 Å². The van der Waals surface area contributed by atoms with E-state index in [1.807, 2.05) is 50.7 Å². The Labute approximate surface area is 131 Å². The van der Waals surface area contributed by atoms with E-state index in [0.29, 0.717) is 0 Å². The molecule has 2 aromatic rings. The van der Waals surface area contributed by atoms with Gasteiger partial charge in [0.15, 0.2) is 0 Å². The average Bonchev–Trinajstić information content (AvgIpc) is 2.91. The van der Waals surface area contributed by atoms with Gasteiger partial charge in [-0.05, 0) is 19.8 Å². The van der Waals surface area contributed by atoms with E-state index in [1.54, 1.807) is 12.0 Å². The predicted molar refractivity (Wildman–Crippen MR) is 87.4 cm³/mol. The number of imidazole rings is 1. The zero-order chi connectivity index (χ0) is 16.3. The molecule has 0 spiro atoms. The average molecular weight is 303 g/mol. The zero-order valence-corrected chi connectivity index (χ0v) is 14.1. The summed E-state index contributed by atoms with van der Waals surface area (Å²) in [7, 11) is 3.50. The van der Waals surface area contributed by atoms with Gasteiger partial charge in [-0.1, -0.05) is 13.8 Å². The van der Waals surface area contributed by atoms with Gasteiger partial charge in [-0.3, -0.25) is 4.79 Å². The maximum Gasteiger partial charge on any atom is 0.230 e. The Morgan fingerprint density at radius 3 is 2.77 bits per heavy atom. The van der Waals surface area contributed by atoms with Gasteiger partial charge < -0.3 is 14.0 Å². The highest BCUT2D eigenvalue weighted by Gasteiger charge is 2.30. The van der Waals surface area contributed by atoms with Gasteiger partial charge in [-0.2, -0.15) is 0 Å². The highest BCUT2D eigenvalue weighted by Crippen LogP contribution is 2.34. The fraction of sp³-hybridized carbons (Fsp3) is 0.529. The van der Waals surface area contributed by atoms with E-state index in [2.05, 4.69) is 4.98 Å². The summed E-state index contributed by atoms with van der Waals surface area (Å²) in [5.41, 5.74) is 2.86. The Balaban J connectivity index is 0.000000847. The molecule has 1 saturated heterocycles. The van der Waals surface area contributed by atoms with Crippen LogP contribution in [0.25, 0.3) is 5.65 Å². The Bertz CT molecular complexity index is 663. The van der Waals surface area contributed by atoms with E-state index < -0.39 is 0 Å². The van der Waals surface area contributed by atoms with E-state index in [9.17, 15) is 4.79 Å². The summed E-state index contributed by atoms with van der Waals surface area (Å²) in [6.45, 7) is 6.84. The number of hydrogen-bond acceptors (Lipinski definition) is 3. The molecule has 1 amide bonds. The summed E-state index contributed by atoms with van der Waals surface area (Å²) < 4.78 is 7.49. The number of methoxy groups -OCH3 is 1. The number of likely N-dealkylation sites (N-methyl/N-ethyl adjacent to an activating group) is 1. The van der Waals surface area contributed by atoms with Crippen molar-refractivity contribution in [2.24, 2.45) is 0 Å². The minimum Gasteiger partial charge on any atom is -0.496 e. The van der Waals surface area contributed by atoms with Crippen LogP contribution in [0.15, 0.2) is 18.5 Å². The molecule has 1 fully saturated rings. The van der Waals surface area contributed by atoms with Crippen LogP contribution in [0.2, 0.25) is 0 Å². The van der Waals surface area contributed by atoms with Gasteiger partial charge in [-0.15, -0.1) is 0 Å². The lowest BCUT2D eigenvalue weighted by Gasteiger charge is -2.30. The quantitative estimate of drug-likeness (QED) is 0.857. The molecule has 0 bridgehead atoms. The highest BCUT2D eigenvalue weighted by molar-refractivity contribution is 5.85. The van der Waals surface area contributed by atoms with Crippen LogP contribution in [0.5, 0.6) is 5.75 Å². The molecule has 1 atom stereocenters. The van der Waals surface area contributed by atoms with E-state index in [4.69, 9.17) is 4.74 Å². The molecule has 0 radical (unpaired) electrons. The number of carbonyl (C=O) groups excluding carboxylic acids is 1. The second kappa shape index (κ2) is 6.81. The minimum absolute atomic E-state index is 0.116. The standard InChI is InChI=1S/C15H19N3O2.C2H6/c1-10-8-16-14-7-13(20-3)12(9-18(10)14)11-5-4-6-17(2)15(11)19;1-2/h7-9,11H,4-6H2,1-3H3;1-2H3. The van der Waals surface area contributed by atoms with Crippen molar-refractivity contribution in [2.75, 3.05) is 20.7 Å². The number of pyridine rings is 1. The van der Waals surface area contributed by atoms with Crippen molar-refractivity contribution in [3.8, 4) is 5.75 Å². The molecular formula is C17H25N3O2. The molecule has 22 heavy (non-hydrogen) atoms. The van der Waals surface area contributed by atoms with Crippen LogP contribution < -0.4 is 4.74 Å². The molecule has 1 aliphatic heterocycles. The summed E-state index contributed by atoms with van der Waals surface area (Å²) in [5, 5.41) is 0. The van der Waals surface area contributed by atoms with Gasteiger partial charge in [0, 0.05) is 43.3 Å². The number of piperidine rings is 1. The van der Waals surface area contributed by atoms with E-state index in [1.165, 1.54) is 0 Å². The molecule has 0 aromatic carbocycles. The second-order valence-electron chi connectivity index (χ2n) is 5.38. The third kappa shape index (κ3) is 2.80. The summed E-state index contributed by atoms with van der Waals surface area (Å²) in [4.78, 5) is 18.5. The fourth-order valence-corrected chi connectivity index (χ4v) is 2.90. The van der Waals surface area contributed by atoms with Crippen LogP contribution in [-0.2, 0) is 4.79 Å². The molecule has 1 unspecified atom stereocenters. The predicted octanol–water partition coefficient (Wildman–Crippen LogP) is 3.01. The van der Waals surface area contributed by atoms with Gasteiger partial charge in [0.25, 0.3) is 0 Å². The second-order valence-corrected chi connectivity index (χ2v) is 5.38. The van der Waals surface area contributed by atoms with E-state index >= 15 is 0 Å². The molecule has 3 rings (SSSR count). The number of amides is 1. The number of aryl methyl sites for hydroxylation is 1. The summed E-state index contributed by atoms with van der Waals surface area (Å²) in [6, 6.07) is 1.91. The molecular weight excluding hydrogens is 278 g/mol. The van der Waals surface area contributed by atoms with Crippen molar-refractivity contribution < 1.29 is 9.53 Å². The van der Waals surface area contributed by atoms with Crippen molar-refractivity contribution in [1.29, 1.82) is 0 Å². The molecule has 0 saturated carbocycles. The fourth-order valence-electron chi connectivity index (χ4n) is 2.90.